The van der Waals surface area contributed by atoms with Crippen molar-refractivity contribution in [3.63, 3.8) is 0 Å². The first kappa shape index (κ1) is 16.7. The van der Waals surface area contributed by atoms with Crippen molar-refractivity contribution in [2.45, 2.75) is 19.9 Å². The van der Waals surface area contributed by atoms with Gasteiger partial charge in [-0.3, -0.25) is 9.55 Å². The molecule has 0 aliphatic carbocycles. The molecule has 1 N–H and O–H groups in total. The molecule has 0 saturated heterocycles. The summed E-state index contributed by atoms with van der Waals surface area (Å²) in [6, 6.07) is 3.90. The fourth-order valence-electron chi connectivity index (χ4n) is 3.69. The molecule has 9 heteroatoms. The van der Waals surface area contributed by atoms with Crippen molar-refractivity contribution in [1.29, 1.82) is 0 Å². The van der Waals surface area contributed by atoms with Crippen LogP contribution in [-0.4, -0.2) is 38.2 Å². The van der Waals surface area contributed by atoms with Crippen LogP contribution in [0.4, 0.5) is 0 Å². The molecular formula is C19H19N5O4. The SMILES string of the molecule is COc1cc(-c2c3cnn(C(C)C)c3nc3[nH]c(=O)n(C)c23)cc2c1OCO2. The Morgan fingerprint density at radius 3 is 2.86 bits per heavy atom. The van der Waals surface area contributed by atoms with E-state index in [0.717, 1.165) is 16.5 Å². The van der Waals surface area contributed by atoms with Gasteiger partial charge in [-0.1, -0.05) is 0 Å². The van der Waals surface area contributed by atoms with Gasteiger partial charge in [0.2, 0.25) is 12.5 Å². The van der Waals surface area contributed by atoms with Gasteiger partial charge >= 0.3 is 5.69 Å². The minimum Gasteiger partial charge on any atom is -0.493 e. The first-order valence-corrected chi connectivity index (χ1v) is 8.93. The number of benzene rings is 1. The number of nitrogens with zero attached hydrogens (tertiary/aromatic N) is 4. The lowest BCUT2D eigenvalue weighted by Gasteiger charge is -2.12. The summed E-state index contributed by atoms with van der Waals surface area (Å²) in [6.45, 7) is 4.22. The third kappa shape index (κ3) is 2.16. The monoisotopic (exact) mass is 381 g/mol. The van der Waals surface area contributed by atoms with Crippen molar-refractivity contribution in [3.05, 3.63) is 28.8 Å². The summed E-state index contributed by atoms with van der Waals surface area (Å²) in [6.07, 6.45) is 1.78. The molecule has 1 aromatic carbocycles. The fraction of sp³-hybridized carbons (Fsp3) is 0.316. The Labute approximate surface area is 159 Å². The highest BCUT2D eigenvalue weighted by atomic mass is 16.7. The lowest BCUT2D eigenvalue weighted by atomic mass is 10.0. The Morgan fingerprint density at radius 1 is 1.29 bits per heavy atom. The normalized spacial score (nSPS) is 13.2. The summed E-state index contributed by atoms with van der Waals surface area (Å²) in [5.74, 6) is 1.75. The zero-order valence-corrected chi connectivity index (χ0v) is 15.9. The number of rotatable bonds is 3. The second kappa shape index (κ2) is 5.75. The van der Waals surface area contributed by atoms with E-state index in [2.05, 4.69) is 15.1 Å². The molecule has 0 saturated carbocycles. The van der Waals surface area contributed by atoms with Crippen molar-refractivity contribution in [1.82, 2.24) is 24.3 Å². The maximum Gasteiger partial charge on any atom is 0.327 e. The van der Waals surface area contributed by atoms with Gasteiger partial charge in [0, 0.05) is 24.0 Å². The number of methoxy groups -OCH3 is 1. The molecule has 144 valence electrons. The largest absolute Gasteiger partial charge is 0.493 e. The average Bonchev–Trinajstić information content (AvgIpc) is 3.37. The van der Waals surface area contributed by atoms with Gasteiger partial charge in [-0.25, -0.2) is 14.5 Å². The van der Waals surface area contributed by atoms with Crippen molar-refractivity contribution >= 4 is 22.2 Å². The van der Waals surface area contributed by atoms with Crippen LogP contribution in [0.3, 0.4) is 0 Å². The molecule has 1 aliphatic heterocycles. The van der Waals surface area contributed by atoms with Crippen molar-refractivity contribution in [3.8, 4) is 28.4 Å². The quantitative estimate of drug-likeness (QED) is 0.586. The van der Waals surface area contributed by atoms with E-state index in [1.807, 2.05) is 30.7 Å². The van der Waals surface area contributed by atoms with E-state index in [4.69, 9.17) is 14.2 Å². The van der Waals surface area contributed by atoms with Gasteiger partial charge in [0.05, 0.1) is 18.8 Å². The molecule has 1 aliphatic rings. The molecular weight excluding hydrogens is 362 g/mol. The Bertz CT molecular complexity index is 1300. The van der Waals surface area contributed by atoms with Gasteiger partial charge in [-0.05, 0) is 31.5 Å². The number of imidazole rings is 1. The Balaban J connectivity index is 1.94. The maximum atomic E-state index is 12.3. The number of H-pyrrole nitrogens is 1. The Hall–Kier alpha value is -3.49. The van der Waals surface area contributed by atoms with Crippen LogP contribution in [0.5, 0.6) is 17.2 Å². The van der Waals surface area contributed by atoms with Crippen LogP contribution in [-0.2, 0) is 7.05 Å². The van der Waals surface area contributed by atoms with E-state index >= 15 is 0 Å². The summed E-state index contributed by atoms with van der Waals surface area (Å²) >= 11 is 0. The van der Waals surface area contributed by atoms with Gasteiger partial charge < -0.3 is 14.2 Å². The number of hydrogen-bond donors (Lipinski definition) is 1. The van der Waals surface area contributed by atoms with Crippen molar-refractivity contribution in [2.75, 3.05) is 13.9 Å². The number of hydrogen-bond acceptors (Lipinski definition) is 6. The predicted octanol–water partition coefficient (Wildman–Crippen LogP) is 2.60. The van der Waals surface area contributed by atoms with Crippen molar-refractivity contribution in [2.24, 2.45) is 7.05 Å². The Kier molecular flexibility index (Phi) is 3.42. The van der Waals surface area contributed by atoms with E-state index < -0.39 is 0 Å². The third-order valence-electron chi connectivity index (χ3n) is 5.02. The second-order valence-corrected chi connectivity index (χ2v) is 7.01. The standard InChI is InChI=1S/C19H19N5O4/c1-9(2)24-18-11(7-20-24)14(15-17(21-18)22-19(25)23(15)3)10-5-12(26-4)16-13(6-10)27-8-28-16/h5-7,9H,8H2,1-4H3,(H,21,22,25). The summed E-state index contributed by atoms with van der Waals surface area (Å²) in [7, 11) is 3.30. The average molecular weight is 381 g/mol. The van der Waals surface area contributed by atoms with Crippen LogP contribution in [0.25, 0.3) is 33.3 Å². The third-order valence-corrected chi connectivity index (χ3v) is 5.02. The van der Waals surface area contributed by atoms with Crippen LogP contribution in [0.15, 0.2) is 23.1 Å². The van der Waals surface area contributed by atoms with E-state index in [0.29, 0.717) is 34.1 Å². The van der Waals surface area contributed by atoms with Crippen molar-refractivity contribution < 1.29 is 14.2 Å². The van der Waals surface area contributed by atoms with E-state index in [1.54, 1.807) is 24.9 Å². The molecule has 3 aromatic heterocycles. The molecule has 4 heterocycles. The molecule has 5 rings (SSSR count). The van der Waals surface area contributed by atoms with E-state index in [1.165, 1.54) is 0 Å². The molecule has 9 nitrogen and oxygen atoms in total. The van der Waals surface area contributed by atoms with Gasteiger partial charge in [0.25, 0.3) is 0 Å². The first-order chi connectivity index (χ1) is 13.5. The summed E-state index contributed by atoms with van der Waals surface area (Å²) in [5.41, 5.74) is 3.35. The molecule has 0 fully saturated rings. The van der Waals surface area contributed by atoms with Gasteiger partial charge in [0.15, 0.2) is 22.8 Å². The lowest BCUT2D eigenvalue weighted by Crippen LogP contribution is -2.12. The molecule has 0 atom stereocenters. The van der Waals surface area contributed by atoms with Gasteiger partial charge in [-0.2, -0.15) is 5.10 Å². The lowest BCUT2D eigenvalue weighted by molar-refractivity contribution is 0.171. The van der Waals surface area contributed by atoms with Gasteiger partial charge in [-0.15, -0.1) is 0 Å². The number of aryl methyl sites for hydroxylation is 1. The van der Waals surface area contributed by atoms with Crippen LogP contribution in [0.1, 0.15) is 19.9 Å². The Morgan fingerprint density at radius 2 is 2.11 bits per heavy atom. The molecule has 4 aromatic rings. The fourth-order valence-corrected chi connectivity index (χ4v) is 3.69. The molecule has 0 bridgehead atoms. The first-order valence-electron chi connectivity index (χ1n) is 8.93. The zero-order valence-electron chi connectivity index (χ0n) is 15.9. The van der Waals surface area contributed by atoms with Gasteiger partial charge in [0.1, 0.15) is 0 Å². The number of pyridine rings is 1. The number of aromatic amines is 1. The highest BCUT2D eigenvalue weighted by Gasteiger charge is 2.25. The molecule has 28 heavy (non-hydrogen) atoms. The summed E-state index contributed by atoms with van der Waals surface area (Å²) < 4.78 is 20.0. The molecule has 0 spiro atoms. The van der Waals surface area contributed by atoms with Crippen LogP contribution in [0, 0.1) is 0 Å². The highest BCUT2D eigenvalue weighted by molar-refractivity contribution is 6.06. The molecule has 0 amide bonds. The van der Waals surface area contributed by atoms with Crippen LogP contribution >= 0.6 is 0 Å². The maximum absolute atomic E-state index is 12.3. The number of fused-ring (bicyclic) bond motifs is 3. The minimum absolute atomic E-state index is 0.122. The minimum atomic E-state index is -0.229. The van der Waals surface area contributed by atoms with Crippen LogP contribution < -0.4 is 19.9 Å². The van der Waals surface area contributed by atoms with E-state index in [9.17, 15) is 4.79 Å². The molecule has 0 radical (unpaired) electrons. The topological polar surface area (TPSA) is 96.2 Å². The number of ether oxygens (including phenoxy) is 3. The predicted molar refractivity (Wildman–Crippen MR) is 103 cm³/mol. The second-order valence-electron chi connectivity index (χ2n) is 7.01. The van der Waals surface area contributed by atoms with Crippen LogP contribution in [0.2, 0.25) is 0 Å². The summed E-state index contributed by atoms with van der Waals surface area (Å²) in [5, 5.41) is 5.36. The van der Waals surface area contributed by atoms with E-state index in [-0.39, 0.29) is 18.5 Å². The number of nitrogens with one attached hydrogen (secondary N) is 1. The highest BCUT2D eigenvalue weighted by Crippen LogP contribution is 2.46. The number of aromatic nitrogens is 5. The smallest absolute Gasteiger partial charge is 0.327 e. The summed E-state index contributed by atoms with van der Waals surface area (Å²) in [4.78, 5) is 19.8. The molecule has 0 unspecified atom stereocenters. The zero-order chi connectivity index (χ0) is 19.6.